The van der Waals surface area contributed by atoms with Crippen molar-refractivity contribution in [3.05, 3.63) is 83.6 Å². The number of amides is 1. The Labute approximate surface area is 186 Å². The zero-order valence-corrected chi connectivity index (χ0v) is 17.8. The first-order valence-corrected chi connectivity index (χ1v) is 10.7. The molecule has 7 nitrogen and oxygen atoms in total. The Bertz CT molecular complexity index is 1440. The normalized spacial score (nSPS) is 11.1. The van der Waals surface area contributed by atoms with Crippen LogP contribution in [-0.4, -0.2) is 30.6 Å². The molecule has 0 unspecified atom stereocenters. The number of anilines is 1. The van der Waals surface area contributed by atoms with Crippen LogP contribution < -0.4 is 5.32 Å². The molecular weight excluding hydrogens is 427 g/mol. The third-order valence-electron chi connectivity index (χ3n) is 4.83. The minimum atomic E-state index is -0.654. The molecule has 32 heavy (non-hydrogen) atoms. The average molecular weight is 444 g/mol. The topological polar surface area (TPSA) is 85.6 Å². The van der Waals surface area contributed by atoms with Crippen LogP contribution in [0.4, 0.5) is 10.1 Å². The van der Waals surface area contributed by atoms with E-state index in [2.05, 4.69) is 31.4 Å². The number of carbonyl (C=O) groups excluding carboxylic acids is 1. The van der Waals surface area contributed by atoms with Gasteiger partial charge >= 0.3 is 0 Å². The van der Waals surface area contributed by atoms with E-state index in [0.29, 0.717) is 17.2 Å². The summed E-state index contributed by atoms with van der Waals surface area (Å²) in [7, 11) is 0. The van der Waals surface area contributed by atoms with E-state index in [1.807, 2.05) is 48.8 Å². The Kier molecular flexibility index (Phi) is 5.16. The van der Waals surface area contributed by atoms with Gasteiger partial charge in [-0.15, -0.1) is 11.3 Å². The number of hydrogen-bond donors (Lipinski definition) is 1. The summed E-state index contributed by atoms with van der Waals surface area (Å²) in [6.07, 6.45) is 1.33. The first-order chi connectivity index (χ1) is 15.5. The van der Waals surface area contributed by atoms with Gasteiger partial charge in [0.1, 0.15) is 0 Å². The lowest BCUT2D eigenvalue weighted by Gasteiger charge is -2.07. The van der Waals surface area contributed by atoms with Crippen LogP contribution in [0.3, 0.4) is 0 Å². The summed E-state index contributed by atoms with van der Waals surface area (Å²) in [5.74, 6) is -0.299. The molecule has 0 saturated heterocycles. The summed E-state index contributed by atoms with van der Waals surface area (Å²) in [6, 6.07) is 16.3. The largest absolute Gasteiger partial charge is 0.326 e. The first-order valence-electron chi connectivity index (χ1n) is 9.83. The molecule has 0 bridgehead atoms. The van der Waals surface area contributed by atoms with Crippen molar-refractivity contribution in [2.45, 2.75) is 13.3 Å². The van der Waals surface area contributed by atoms with Crippen molar-refractivity contribution < 1.29 is 9.18 Å². The first kappa shape index (κ1) is 20.0. The summed E-state index contributed by atoms with van der Waals surface area (Å²) in [4.78, 5) is 25.0. The number of hydrogen-bond acceptors (Lipinski definition) is 6. The number of fused-ring (bicyclic) bond motifs is 1. The van der Waals surface area contributed by atoms with Gasteiger partial charge in [0.25, 0.3) is 0 Å². The van der Waals surface area contributed by atoms with Crippen molar-refractivity contribution in [3.8, 4) is 17.1 Å². The van der Waals surface area contributed by atoms with Crippen LogP contribution in [0, 0.1) is 12.9 Å². The summed E-state index contributed by atoms with van der Waals surface area (Å²) in [5, 5.41) is 7.34. The van der Waals surface area contributed by atoms with E-state index in [1.54, 1.807) is 16.0 Å². The third-order valence-corrected chi connectivity index (χ3v) is 5.62. The molecule has 0 aliphatic heterocycles. The quantitative estimate of drug-likeness (QED) is 0.402. The molecule has 0 spiro atoms. The molecule has 5 aromatic rings. The van der Waals surface area contributed by atoms with Gasteiger partial charge in [0.2, 0.25) is 11.9 Å². The highest BCUT2D eigenvalue weighted by Crippen LogP contribution is 2.28. The number of nitrogens with zero attached hydrogens (tertiary/aromatic N) is 5. The molecule has 5 rings (SSSR count). The predicted octanol–water partition coefficient (Wildman–Crippen LogP) is 4.57. The Morgan fingerprint density at radius 2 is 2.03 bits per heavy atom. The third kappa shape index (κ3) is 4.10. The molecule has 0 radical (unpaired) electrons. The molecule has 1 amide bonds. The van der Waals surface area contributed by atoms with Gasteiger partial charge in [0.05, 0.1) is 33.5 Å². The zero-order valence-electron chi connectivity index (χ0n) is 17.0. The number of halogens is 1. The van der Waals surface area contributed by atoms with Crippen LogP contribution in [0.15, 0.2) is 66.3 Å². The number of aromatic nitrogens is 5. The highest BCUT2D eigenvalue weighted by molar-refractivity contribution is 7.16. The number of pyridine rings is 2. The van der Waals surface area contributed by atoms with E-state index in [-0.39, 0.29) is 12.3 Å². The smallest absolute Gasteiger partial charge is 0.230 e. The van der Waals surface area contributed by atoms with Crippen LogP contribution in [0.1, 0.15) is 11.4 Å². The molecule has 4 aromatic heterocycles. The molecule has 4 heterocycles. The minimum absolute atomic E-state index is 0.0263. The highest BCUT2D eigenvalue weighted by atomic mass is 32.1. The van der Waals surface area contributed by atoms with Gasteiger partial charge in [-0.25, -0.2) is 19.6 Å². The molecule has 9 heteroatoms. The van der Waals surface area contributed by atoms with E-state index < -0.39 is 5.95 Å². The fraction of sp³-hybridized carbons (Fsp3) is 0.0870. The fourth-order valence-electron chi connectivity index (χ4n) is 3.41. The Balaban J connectivity index is 1.51. The Morgan fingerprint density at radius 1 is 1.12 bits per heavy atom. The monoisotopic (exact) mass is 444 g/mol. The molecule has 0 saturated carbocycles. The van der Waals surface area contributed by atoms with Crippen molar-refractivity contribution in [3.63, 3.8) is 0 Å². The summed E-state index contributed by atoms with van der Waals surface area (Å²) in [5.41, 5.74) is 6.28. The summed E-state index contributed by atoms with van der Waals surface area (Å²) >= 11 is 1.56. The van der Waals surface area contributed by atoms with Gasteiger partial charge in [0.15, 0.2) is 5.82 Å². The lowest BCUT2D eigenvalue weighted by atomic mass is 10.1. The number of benzene rings is 1. The maximum absolute atomic E-state index is 13.3. The maximum Gasteiger partial charge on any atom is 0.230 e. The fourth-order valence-corrected chi connectivity index (χ4v) is 4.12. The molecule has 1 N–H and O–H groups in total. The van der Waals surface area contributed by atoms with E-state index in [0.717, 1.165) is 27.2 Å². The lowest BCUT2D eigenvalue weighted by molar-refractivity contribution is -0.115. The van der Waals surface area contributed by atoms with Crippen molar-refractivity contribution >= 4 is 33.1 Å². The maximum atomic E-state index is 13.3. The van der Waals surface area contributed by atoms with E-state index >= 15 is 0 Å². The number of nitrogens with one attached hydrogen (secondary N) is 1. The van der Waals surface area contributed by atoms with Crippen LogP contribution in [-0.2, 0) is 11.2 Å². The lowest BCUT2D eigenvalue weighted by Crippen LogP contribution is -2.15. The summed E-state index contributed by atoms with van der Waals surface area (Å²) < 4.78 is 16.1. The molecule has 0 fully saturated rings. The van der Waals surface area contributed by atoms with Crippen LogP contribution in [0.2, 0.25) is 0 Å². The molecule has 0 atom stereocenters. The van der Waals surface area contributed by atoms with Crippen molar-refractivity contribution in [2.24, 2.45) is 0 Å². The number of aryl methyl sites for hydroxylation is 1. The SMILES string of the molecule is Cc1cccc(-n2nc(CC(=O)Nc3ccnc(F)c3)cc2-c2ccc3ncsc3c2)n1. The van der Waals surface area contributed by atoms with Crippen molar-refractivity contribution in [2.75, 3.05) is 5.32 Å². The van der Waals surface area contributed by atoms with E-state index in [9.17, 15) is 9.18 Å². The van der Waals surface area contributed by atoms with Crippen LogP contribution in [0.25, 0.3) is 27.3 Å². The number of thiazole rings is 1. The van der Waals surface area contributed by atoms with Gasteiger partial charge in [0, 0.05) is 29.2 Å². The second kappa shape index (κ2) is 8.27. The average Bonchev–Trinajstić information content (AvgIpc) is 3.40. The van der Waals surface area contributed by atoms with Gasteiger partial charge in [-0.2, -0.15) is 9.49 Å². The standard InChI is InChI=1S/C23H17FN6OS/c1-14-3-2-4-22(27-14)30-19(15-5-6-18-20(9-15)32-13-26-18)10-17(29-30)12-23(31)28-16-7-8-25-21(24)11-16/h2-11,13H,12H2,1H3,(H,25,28,31). The van der Waals surface area contributed by atoms with Crippen molar-refractivity contribution in [1.29, 1.82) is 0 Å². The summed E-state index contributed by atoms with van der Waals surface area (Å²) in [6.45, 7) is 1.91. The van der Waals surface area contributed by atoms with Gasteiger partial charge < -0.3 is 5.32 Å². The van der Waals surface area contributed by atoms with Gasteiger partial charge in [-0.05, 0) is 43.3 Å². The van der Waals surface area contributed by atoms with Crippen LogP contribution in [0.5, 0.6) is 0 Å². The van der Waals surface area contributed by atoms with Crippen molar-refractivity contribution in [1.82, 2.24) is 24.7 Å². The second-order valence-electron chi connectivity index (χ2n) is 7.20. The molecule has 0 aliphatic carbocycles. The Morgan fingerprint density at radius 3 is 2.88 bits per heavy atom. The highest BCUT2D eigenvalue weighted by Gasteiger charge is 2.16. The van der Waals surface area contributed by atoms with Crippen LogP contribution >= 0.6 is 11.3 Å². The van der Waals surface area contributed by atoms with E-state index in [4.69, 9.17) is 0 Å². The molecule has 1 aromatic carbocycles. The second-order valence-corrected chi connectivity index (χ2v) is 8.08. The molecular formula is C23H17FN6OS. The Hall–Kier alpha value is -3.98. The molecule has 0 aliphatic rings. The zero-order chi connectivity index (χ0) is 22.1. The minimum Gasteiger partial charge on any atom is -0.326 e. The van der Waals surface area contributed by atoms with E-state index in [1.165, 1.54) is 18.3 Å². The van der Waals surface area contributed by atoms with Gasteiger partial charge in [-0.3, -0.25) is 4.79 Å². The number of carbonyl (C=O) groups is 1. The van der Waals surface area contributed by atoms with Gasteiger partial charge in [-0.1, -0.05) is 12.1 Å². The number of rotatable bonds is 5. The molecule has 158 valence electrons. The predicted molar refractivity (Wildman–Crippen MR) is 121 cm³/mol.